The molecule has 12 heteroatoms. The Kier molecular flexibility index (Phi) is 8.77. The van der Waals surface area contributed by atoms with E-state index in [-0.39, 0.29) is 12.3 Å². The molecule has 6 nitrogen and oxygen atoms in total. The number of imidazole rings is 2. The first kappa shape index (κ1) is 25.4. The zero-order chi connectivity index (χ0) is 24.7. The summed E-state index contributed by atoms with van der Waals surface area (Å²) in [6.07, 6.45) is 6.43. The van der Waals surface area contributed by atoms with E-state index < -0.39 is 29.2 Å². The molecule has 0 atom stereocenters. The molecule has 0 saturated carbocycles. The number of halogens is 4. The molecule has 34 heavy (non-hydrogen) atoms. The van der Waals surface area contributed by atoms with Crippen LogP contribution in [0, 0.1) is 23.3 Å². The normalized spacial score (nSPS) is 10.6. The molecule has 0 amide bonds. The number of carbonyl (C=O) groups is 1. The summed E-state index contributed by atoms with van der Waals surface area (Å²) in [5, 5.41) is 9.61. The third kappa shape index (κ3) is 7.66. The molecule has 0 saturated heterocycles. The summed E-state index contributed by atoms with van der Waals surface area (Å²) < 4.78 is 55.2. The Morgan fingerprint density at radius 2 is 1.29 bits per heavy atom. The van der Waals surface area contributed by atoms with Crippen LogP contribution in [-0.2, 0) is 17.9 Å². The zero-order valence-electron chi connectivity index (χ0n) is 17.4. The fourth-order valence-electron chi connectivity index (χ4n) is 2.92. The maximum Gasteiger partial charge on any atom is 0.313 e. The molecule has 0 bridgehead atoms. The number of hydrogen-bond acceptors (Lipinski definition) is 5. The summed E-state index contributed by atoms with van der Waals surface area (Å²) in [6.45, 7) is 0.587. The summed E-state index contributed by atoms with van der Waals surface area (Å²) in [5.41, 5.74) is 0.994. The van der Waals surface area contributed by atoms with Crippen LogP contribution in [0.1, 0.15) is 11.1 Å². The molecule has 0 aliphatic carbocycles. The van der Waals surface area contributed by atoms with Crippen LogP contribution in [0.15, 0.2) is 71.5 Å². The van der Waals surface area contributed by atoms with E-state index in [1.54, 1.807) is 27.7 Å². The van der Waals surface area contributed by atoms with Crippen LogP contribution in [-0.4, -0.2) is 35.9 Å². The molecular weight excluding hydrogens is 492 g/mol. The quantitative estimate of drug-likeness (QED) is 0.211. The van der Waals surface area contributed by atoms with Crippen molar-refractivity contribution >= 4 is 30.4 Å². The number of hydrogen-bond donors (Lipinski definition) is 2. The van der Waals surface area contributed by atoms with Crippen molar-refractivity contribution in [1.82, 2.24) is 19.1 Å². The third-order valence-corrected chi connectivity index (χ3v) is 5.61. The second-order valence-electron chi connectivity index (χ2n) is 6.93. The summed E-state index contributed by atoms with van der Waals surface area (Å²) >= 11 is 5.15. The highest BCUT2D eigenvalue weighted by atomic mass is 32.2. The number of rotatable bonds is 7. The molecule has 4 aromatic rings. The second-order valence-corrected chi connectivity index (χ2v) is 8.27. The predicted octanol–water partition coefficient (Wildman–Crippen LogP) is 4.88. The summed E-state index contributed by atoms with van der Waals surface area (Å²) in [4.78, 5) is 18.4. The molecule has 0 spiro atoms. The van der Waals surface area contributed by atoms with Gasteiger partial charge in [0.1, 0.15) is 23.3 Å². The average Bonchev–Trinajstić information content (AvgIpc) is 3.34. The SMILES string of the molecule is Fc1cc(F)cc(Cn2ccnc2S)c1.O=C(O)CSc1nccn1Cc1cc(F)cc(F)c1. The zero-order valence-corrected chi connectivity index (χ0v) is 19.1. The fraction of sp³-hybridized carbons (Fsp3) is 0.136. The highest BCUT2D eigenvalue weighted by Gasteiger charge is 2.08. The highest BCUT2D eigenvalue weighted by molar-refractivity contribution is 7.99. The number of thioether (sulfide) groups is 1. The lowest BCUT2D eigenvalue weighted by atomic mass is 10.2. The van der Waals surface area contributed by atoms with Gasteiger partial charge in [0.15, 0.2) is 10.3 Å². The van der Waals surface area contributed by atoms with Gasteiger partial charge in [-0.2, -0.15) is 0 Å². The third-order valence-electron chi connectivity index (χ3n) is 4.25. The van der Waals surface area contributed by atoms with E-state index in [0.717, 1.165) is 23.9 Å². The van der Waals surface area contributed by atoms with Crippen LogP contribution in [0.2, 0.25) is 0 Å². The van der Waals surface area contributed by atoms with Crippen LogP contribution in [0.25, 0.3) is 0 Å². The van der Waals surface area contributed by atoms with Crippen molar-refractivity contribution in [2.75, 3.05) is 5.75 Å². The van der Waals surface area contributed by atoms with E-state index >= 15 is 0 Å². The Bertz CT molecular complexity index is 1240. The number of aliphatic carboxylic acids is 1. The van der Waals surface area contributed by atoms with Gasteiger partial charge in [-0.15, -0.1) is 12.6 Å². The van der Waals surface area contributed by atoms with E-state index in [9.17, 15) is 22.4 Å². The van der Waals surface area contributed by atoms with Gasteiger partial charge in [0, 0.05) is 50.0 Å². The largest absolute Gasteiger partial charge is 0.481 e. The Hall–Kier alpha value is -3.25. The topological polar surface area (TPSA) is 72.9 Å². The molecule has 0 unspecified atom stereocenters. The van der Waals surface area contributed by atoms with Gasteiger partial charge in [0.2, 0.25) is 0 Å². The van der Waals surface area contributed by atoms with Crippen LogP contribution < -0.4 is 0 Å². The Morgan fingerprint density at radius 1 is 0.824 bits per heavy atom. The molecule has 4 rings (SSSR count). The number of aromatic nitrogens is 4. The molecule has 1 N–H and O–H groups in total. The van der Waals surface area contributed by atoms with Crippen molar-refractivity contribution in [3.63, 3.8) is 0 Å². The monoisotopic (exact) mass is 510 g/mol. The smallest absolute Gasteiger partial charge is 0.313 e. The Labute approximate surface area is 201 Å². The van der Waals surface area contributed by atoms with Crippen molar-refractivity contribution in [1.29, 1.82) is 0 Å². The van der Waals surface area contributed by atoms with Crippen LogP contribution in [0.4, 0.5) is 17.6 Å². The fourth-order valence-corrected chi connectivity index (χ4v) is 3.81. The molecule has 2 aromatic carbocycles. The maximum atomic E-state index is 13.1. The lowest BCUT2D eigenvalue weighted by Crippen LogP contribution is -2.04. The molecule has 0 fully saturated rings. The Morgan fingerprint density at radius 3 is 1.76 bits per heavy atom. The molecule has 0 radical (unpaired) electrons. The molecule has 2 aromatic heterocycles. The number of thiol groups is 1. The summed E-state index contributed by atoms with van der Waals surface area (Å²) in [7, 11) is 0. The summed E-state index contributed by atoms with van der Waals surface area (Å²) in [5.74, 6) is -3.51. The standard InChI is InChI=1S/C12H10F2N2O2S.C10H8F2N2S/c13-9-3-8(4-10(14)5-9)6-16-2-1-15-12(16)19-7-11(17)18;11-8-3-7(4-9(12)5-8)6-14-2-1-13-10(14)15/h1-5H,6-7H2,(H,17,18);1-5H,6H2,(H,13,15). The minimum absolute atomic E-state index is 0.117. The minimum atomic E-state index is -0.948. The van der Waals surface area contributed by atoms with E-state index in [1.807, 2.05) is 0 Å². The van der Waals surface area contributed by atoms with Gasteiger partial charge in [0.05, 0.1) is 5.75 Å². The van der Waals surface area contributed by atoms with Gasteiger partial charge in [-0.3, -0.25) is 4.79 Å². The number of carboxylic acid groups (broad SMARTS) is 1. The molecular formula is C22H18F4N4O2S2. The van der Waals surface area contributed by atoms with Crippen molar-refractivity contribution < 1.29 is 27.5 Å². The maximum absolute atomic E-state index is 13.1. The van der Waals surface area contributed by atoms with Gasteiger partial charge >= 0.3 is 5.97 Å². The average molecular weight is 511 g/mol. The van der Waals surface area contributed by atoms with Crippen LogP contribution in [0.3, 0.4) is 0 Å². The van der Waals surface area contributed by atoms with Gasteiger partial charge in [-0.25, -0.2) is 27.5 Å². The highest BCUT2D eigenvalue weighted by Crippen LogP contribution is 2.18. The lowest BCUT2D eigenvalue weighted by Gasteiger charge is -2.07. The van der Waals surface area contributed by atoms with Crippen LogP contribution in [0.5, 0.6) is 0 Å². The summed E-state index contributed by atoms with van der Waals surface area (Å²) in [6, 6.07) is 6.69. The Balaban J connectivity index is 0.000000196. The first-order valence-corrected chi connectivity index (χ1v) is 11.1. The molecule has 178 valence electrons. The van der Waals surface area contributed by atoms with Crippen molar-refractivity contribution in [3.05, 3.63) is 95.6 Å². The first-order valence-electron chi connectivity index (χ1n) is 9.65. The minimum Gasteiger partial charge on any atom is -0.481 e. The van der Waals surface area contributed by atoms with E-state index in [2.05, 4.69) is 22.6 Å². The van der Waals surface area contributed by atoms with Gasteiger partial charge in [-0.05, 0) is 35.4 Å². The van der Waals surface area contributed by atoms with Gasteiger partial charge in [-0.1, -0.05) is 11.8 Å². The van der Waals surface area contributed by atoms with Crippen LogP contribution >= 0.6 is 24.4 Å². The van der Waals surface area contributed by atoms with Crippen molar-refractivity contribution in [2.24, 2.45) is 0 Å². The lowest BCUT2D eigenvalue weighted by molar-refractivity contribution is -0.133. The molecule has 0 aliphatic rings. The second kappa shape index (κ2) is 11.7. The van der Waals surface area contributed by atoms with Gasteiger partial charge in [0.25, 0.3) is 0 Å². The number of benzene rings is 2. The first-order chi connectivity index (χ1) is 16.2. The van der Waals surface area contributed by atoms with Crippen molar-refractivity contribution in [2.45, 2.75) is 23.4 Å². The van der Waals surface area contributed by atoms with E-state index in [4.69, 9.17) is 5.11 Å². The van der Waals surface area contributed by atoms with Gasteiger partial charge < -0.3 is 14.2 Å². The number of carboxylic acids is 1. The van der Waals surface area contributed by atoms with Crippen molar-refractivity contribution in [3.8, 4) is 0 Å². The molecule has 2 heterocycles. The molecule has 0 aliphatic heterocycles. The number of nitrogens with zero attached hydrogens (tertiary/aromatic N) is 4. The predicted molar refractivity (Wildman–Crippen MR) is 121 cm³/mol. The van der Waals surface area contributed by atoms with E-state index in [1.165, 1.54) is 30.5 Å². The van der Waals surface area contributed by atoms with E-state index in [0.29, 0.717) is 28.0 Å².